The molecule has 0 spiro atoms. The molecule has 82 heavy (non-hydrogen) atoms. The van der Waals surface area contributed by atoms with Gasteiger partial charge in [-0.2, -0.15) is 0 Å². The summed E-state index contributed by atoms with van der Waals surface area (Å²) >= 11 is 0. The van der Waals surface area contributed by atoms with Crippen molar-refractivity contribution in [2.24, 2.45) is 0 Å². The molecule has 0 aliphatic rings. The number of unbranched alkanes of at least 4 members (excludes halogenated alkanes) is 28. The second-order valence-corrected chi connectivity index (χ2v) is 25.0. The van der Waals surface area contributed by atoms with Crippen LogP contribution in [0.25, 0.3) is 0 Å². The number of nitrogens with zero attached hydrogens (tertiary/aromatic N) is 1. The first-order chi connectivity index (χ1) is 39.9. The van der Waals surface area contributed by atoms with E-state index in [4.69, 9.17) is 13.8 Å². The number of phosphoric acid groups is 1. The molecule has 0 saturated heterocycles. The Morgan fingerprint density at radius 1 is 0.439 bits per heavy atom. The normalized spacial score (nSPS) is 14.3. The number of quaternary nitrogens is 1. The highest BCUT2D eigenvalue weighted by atomic mass is 31.2. The van der Waals surface area contributed by atoms with Gasteiger partial charge in [0.05, 0.1) is 33.8 Å². The standard InChI is InChI=1S/C72H127N2O7P/c1-7-10-13-16-19-22-25-28-30-32-33-34-35-36-37-38-39-40-41-42-44-47-50-53-56-59-62-65-72(76)81-70(63-60-57-54-51-48-45-27-24-21-18-15-12-9-3)69(68-80-82(77,78)79-67-66-74(4,5)6)73-71(75)64-61-58-55-52-49-46-43-31-29-26-23-20-17-14-11-8-2/h10-11,13-14,19-20,22-23,28-31,33-34,36-37,60,63,69-70H,7-9,12,15-18,21,24-27,32,35,38-59,61-62,64-68H2,1-6H3,(H-,73,75,77,78)/b13-10-,14-11+,22-19-,23-20+,30-28-,31-29+,34-33-,37-36-,63-60-. The Labute approximate surface area is 506 Å². The second kappa shape index (κ2) is 60.8. The monoisotopic (exact) mass is 1160 g/mol. The minimum Gasteiger partial charge on any atom is -0.756 e. The molecule has 472 valence electrons. The van der Waals surface area contributed by atoms with Crippen LogP contribution in [0.4, 0.5) is 0 Å². The van der Waals surface area contributed by atoms with Gasteiger partial charge in [0, 0.05) is 12.8 Å². The van der Waals surface area contributed by atoms with Crippen molar-refractivity contribution in [2.45, 2.75) is 296 Å². The van der Waals surface area contributed by atoms with Gasteiger partial charge in [-0.05, 0) is 109 Å². The van der Waals surface area contributed by atoms with E-state index in [2.05, 4.69) is 123 Å². The third-order valence-electron chi connectivity index (χ3n) is 14.4. The predicted molar refractivity (Wildman–Crippen MR) is 353 cm³/mol. The minimum atomic E-state index is -4.71. The van der Waals surface area contributed by atoms with Gasteiger partial charge in [-0.25, -0.2) is 0 Å². The SMILES string of the molecule is CC/C=C\C/C=C\C/C=C\C/C=C\C/C=C\CCCCCCCCCCCCCC(=O)OC(/C=C\CCCCCCCCCCCCC)C(COP(=O)([O-])OCC[N+](C)(C)C)NC(=O)CCCCCCCC/C=C/C/C=C/C/C=C/CC. The number of carbonyl (C=O) groups excluding carboxylic acids is 2. The molecule has 0 aliphatic heterocycles. The number of esters is 1. The van der Waals surface area contributed by atoms with Crippen LogP contribution in [0.3, 0.4) is 0 Å². The van der Waals surface area contributed by atoms with Crippen LogP contribution in [0, 0.1) is 0 Å². The molecule has 0 aromatic heterocycles. The molecule has 0 bridgehead atoms. The van der Waals surface area contributed by atoms with Gasteiger partial charge in [0.15, 0.2) is 0 Å². The van der Waals surface area contributed by atoms with E-state index >= 15 is 0 Å². The average molecular weight is 1160 g/mol. The molecule has 0 heterocycles. The van der Waals surface area contributed by atoms with E-state index in [0.29, 0.717) is 17.4 Å². The van der Waals surface area contributed by atoms with Crippen molar-refractivity contribution < 1.29 is 37.3 Å². The molecule has 0 rings (SSSR count). The zero-order valence-electron chi connectivity index (χ0n) is 53.9. The fraction of sp³-hybridized carbons (Fsp3) is 0.722. The maximum Gasteiger partial charge on any atom is 0.306 e. The van der Waals surface area contributed by atoms with E-state index in [9.17, 15) is 19.0 Å². The van der Waals surface area contributed by atoms with E-state index in [0.717, 1.165) is 148 Å². The lowest BCUT2D eigenvalue weighted by Crippen LogP contribution is -2.47. The molecule has 0 aliphatic carbocycles. The van der Waals surface area contributed by atoms with Gasteiger partial charge in [0.1, 0.15) is 19.3 Å². The van der Waals surface area contributed by atoms with Crippen LogP contribution in [-0.4, -0.2) is 69.4 Å². The Hall–Kier alpha value is -3.33. The van der Waals surface area contributed by atoms with Gasteiger partial charge in [0.2, 0.25) is 5.91 Å². The topological polar surface area (TPSA) is 114 Å². The van der Waals surface area contributed by atoms with Gasteiger partial charge in [-0.15, -0.1) is 0 Å². The summed E-state index contributed by atoms with van der Waals surface area (Å²) in [4.78, 5) is 40.1. The maximum atomic E-state index is 13.6. The van der Waals surface area contributed by atoms with E-state index in [1.165, 1.54) is 103 Å². The maximum absolute atomic E-state index is 13.6. The Balaban J connectivity index is 5.13. The third kappa shape index (κ3) is 61.2. The lowest BCUT2D eigenvalue weighted by molar-refractivity contribution is -0.870. The quantitative estimate of drug-likeness (QED) is 0.0212. The highest BCUT2D eigenvalue weighted by Gasteiger charge is 2.27. The lowest BCUT2D eigenvalue weighted by Gasteiger charge is -2.30. The Morgan fingerprint density at radius 2 is 0.780 bits per heavy atom. The van der Waals surface area contributed by atoms with Gasteiger partial charge >= 0.3 is 5.97 Å². The van der Waals surface area contributed by atoms with Crippen LogP contribution < -0.4 is 10.2 Å². The summed E-state index contributed by atoms with van der Waals surface area (Å²) in [5.74, 6) is -0.560. The molecular weight excluding hydrogens is 1040 g/mol. The average Bonchev–Trinajstić information content (AvgIpc) is 3.45. The van der Waals surface area contributed by atoms with Gasteiger partial charge in [-0.1, -0.05) is 272 Å². The molecule has 0 aromatic carbocycles. The number of rotatable bonds is 60. The first-order valence-electron chi connectivity index (χ1n) is 33.7. The summed E-state index contributed by atoms with van der Waals surface area (Å²) in [6.45, 7) is 6.61. The van der Waals surface area contributed by atoms with Crippen molar-refractivity contribution in [1.82, 2.24) is 5.32 Å². The number of nitrogens with one attached hydrogen (secondary N) is 1. The minimum absolute atomic E-state index is 0.0300. The lowest BCUT2D eigenvalue weighted by atomic mass is 10.0. The first kappa shape index (κ1) is 78.7. The summed E-state index contributed by atoms with van der Waals surface area (Å²) in [6, 6.07) is -0.903. The van der Waals surface area contributed by atoms with Crippen molar-refractivity contribution in [3.63, 3.8) is 0 Å². The largest absolute Gasteiger partial charge is 0.756 e. The van der Waals surface area contributed by atoms with E-state index in [1.807, 2.05) is 33.3 Å². The van der Waals surface area contributed by atoms with Crippen molar-refractivity contribution in [3.05, 3.63) is 109 Å². The van der Waals surface area contributed by atoms with Crippen LogP contribution in [-0.2, 0) is 27.9 Å². The van der Waals surface area contributed by atoms with Crippen molar-refractivity contribution in [3.8, 4) is 0 Å². The van der Waals surface area contributed by atoms with Crippen LogP contribution in [0.1, 0.15) is 284 Å². The van der Waals surface area contributed by atoms with E-state index < -0.39 is 26.6 Å². The second-order valence-electron chi connectivity index (χ2n) is 23.6. The van der Waals surface area contributed by atoms with Gasteiger partial charge in [0.25, 0.3) is 7.82 Å². The first-order valence-corrected chi connectivity index (χ1v) is 35.2. The fourth-order valence-electron chi connectivity index (χ4n) is 9.33. The summed E-state index contributed by atoms with van der Waals surface area (Å²) in [7, 11) is 1.16. The molecule has 3 unspecified atom stereocenters. The molecule has 0 aromatic rings. The molecule has 1 amide bonds. The molecule has 3 atom stereocenters. The van der Waals surface area contributed by atoms with Crippen molar-refractivity contribution in [1.29, 1.82) is 0 Å². The van der Waals surface area contributed by atoms with Crippen LogP contribution in [0.2, 0.25) is 0 Å². The third-order valence-corrected chi connectivity index (χ3v) is 15.4. The highest BCUT2D eigenvalue weighted by molar-refractivity contribution is 7.45. The number of amides is 1. The number of hydrogen-bond donors (Lipinski definition) is 1. The Morgan fingerprint density at radius 3 is 1.17 bits per heavy atom. The van der Waals surface area contributed by atoms with Crippen LogP contribution in [0.5, 0.6) is 0 Å². The van der Waals surface area contributed by atoms with E-state index in [-0.39, 0.29) is 24.9 Å². The number of phosphoric ester groups is 1. The Bertz CT molecular complexity index is 1770. The number of allylic oxidation sites excluding steroid dienone is 17. The molecule has 0 radical (unpaired) electrons. The summed E-state index contributed by atoms with van der Waals surface area (Å²) < 4.78 is 30.4. The fourth-order valence-corrected chi connectivity index (χ4v) is 10.1. The molecule has 0 saturated carbocycles. The summed E-state index contributed by atoms with van der Waals surface area (Å²) in [5, 5.41) is 3.03. The molecule has 1 N–H and O–H groups in total. The smallest absolute Gasteiger partial charge is 0.306 e. The van der Waals surface area contributed by atoms with Crippen molar-refractivity contribution in [2.75, 3.05) is 40.9 Å². The predicted octanol–water partition coefficient (Wildman–Crippen LogP) is 20.7. The Kier molecular flexibility index (Phi) is 58.3. The molecule has 9 nitrogen and oxygen atoms in total. The number of likely N-dealkylation sites (N-methyl/N-ethyl adjacent to an activating group) is 1. The molecule has 10 heteroatoms. The zero-order valence-corrected chi connectivity index (χ0v) is 54.8. The number of carbonyl (C=O) groups is 2. The number of hydrogen-bond acceptors (Lipinski definition) is 7. The van der Waals surface area contributed by atoms with Crippen LogP contribution >= 0.6 is 7.82 Å². The molecular formula is C72H127N2O7P. The molecule has 0 fully saturated rings. The number of ether oxygens (including phenoxy) is 1. The summed E-state index contributed by atoms with van der Waals surface area (Å²) in [6.07, 6.45) is 83.5. The zero-order chi connectivity index (χ0) is 60.0. The van der Waals surface area contributed by atoms with Gasteiger partial charge < -0.3 is 28.5 Å². The summed E-state index contributed by atoms with van der Waals surface area (Å²) in [5.41, 5.74) is 0. The highest BCUT2D eigenvalue weighted by Crippen LogP contribution is 2.38. The van der Waals surface area contributed by atoms with Crippen LogP contribution in [0.15, 0.2) is 109 Å². The van der Waals surface area contributed by atoms with E-state index in [1.54, 1.807) is 0 Å². The van der Waals surface area contributed by atoms with Gasteiger partial charge in [-0.3, -0.25) is 14.2 Å². The van der Waals surface area contributed by atoms with Crippen molar-refractivity contribution >= 4 is 19.7 Å².